The predicted octanol–water partition coefficient (Wildman–Crippen LogP) is -2.28. The molecule has 4 N–H and O–H groups in total. The van der Waals surface area contributed by atoms with Crippen LogP contribution in [-0.4, -0.2) is 82.2 Å². The Balaban J connectivity index is 2.02. The average molecular weight is 358 g/mol. The maximum atomic E-state index is 12.6. The Hall–Kier alpha value is -1.26. The molecule has 0 aromatic rings. The van der Waals surface area contributed by atoms with E-state index in [1.54, 1.807) is 6.92 Å². The summed E-state index contributed by atoms with van der Waals surface area (Å²) in [5, 5.41) is 44.4. The molecule has 0 aromatic carbocycles. The minimum Gasteiger partial charge on any atom is -0.464 e. The SMILES string of the molecule is COC[C@]1(O)[C@H]2C[C@]3([C@H](C)C[C@@H](O)[C@]3(O)C13COC3=O)[C@@H](O)C(=O)O2. The third-order valence-corrected chi connectivity index (χ3v) is 7.20. The smallest absolute Gasteiger partial charge is 0.336 e. The van der Waals surface area contributed by atoms with Crippen LogP contribution in [-0.2, 0) is 23.8 Å². The van der Waals surface area contributed by atoms with Crippen LogP contribution >= 0.6 is 0 Å². The van der Waals surface area contributed by atoms with Crippen LogP contribution < -0.4 is 0 Å². The minimum atomic E-state index is -2.25. The van der Waals surface area contributed by atoms with Crippen molar-refractivity contribution < 1.29 is 44.2 Å². The highest BCUT2D eigenvalue weighted by atomic mass is 16.6. The summed E-state index contributed by atoms with van der Waals surface area (Å²) in [7, 11) is 1.30. The summed E-state index contributed by atoms with van der Waals surface area (Å²) in [5.41, 5.74) is -7.82. The molecule has 140 valence electrons. The van der Waals surface area contributed by atoms with E-state index in [1.165, 1.54) is 7.11 Å². The zero-order valence-electron chi connectivity index (χ0n) is 14.0. The first-order valence-corrected chi connectivity index (χ1v) is 8.31. The lowest BCUT2D eigenvalue weighted by atomic mass is 9.41. The fraction of sp³-hybridized carbons (Fsp3) is 0.875. The summed E-state index contributed by atoms with van der Waals surface area (Å²) in [6.07, 6.45) is -4.36. The van der Waals surface area contributed by atoms with Gasteiger partial charge in [-0.25, -0.2) is 4.79 Å². The number of cyclic esters (lactones) is 1. The lowest BCUT2D eigenvalue weighted by molar-refractivity contribution is -0.380. The van der Waals surface area contributed by atoms with E-state index >= 15 is 0 Å². The number of aliphatic hydroxyl groups is 4. The topological polar surface area (TPSA) is 143 Å². The van der Waals surface area contributed by atoms with Gasteiger partial charge in [-0.1, -0.05) is 6.92 Å². The van der Waals surface area contributed by atoms with Crippen molar-refractivity contribution in [1.82, 2.24) is 0 Å². The molecule has 1 unspecified atom stereocenters. The van der Waals surface area contributed by atoms with Gasteiger partial charge in [0.15, 0.2) is 11.5 Å². The van der Waals surface area contributed by atoms with Crippen LogP contribution in [0.5, 0.6) is 0 Å². The zero-order valence-corrected chi connectivity index (χ0v) is 14.0. The van der Waals surface area contributed by atoms with Gasteiger partial charge in [0.05, 0.1) is 12.7 Å². The summed E-state index contributed by atoms with van der Waals surface area (Å²) < 4.78 is 15.2. The fourth-order valence-corrected chi connectivity index (χ4v) is 5.94. The highest BCUT2D eigenvalue weighted by Crippen LogP contribution is 2.72. The van der Waals surface area contributed by atoms with E-state index in [0.717, 1.165) is 0 Å². The number of hydrogen-bond acceptors (Lipinski definition) is 9. The lowest BCUT2D eigenvalue weighted by Crippen LogP contribution is -2.89. The van der Waals surface area contributed by atoms with Crippen LogP contribution in [0.15, 0.2) is 0 Å². The molecular weight excluding hydrogens is 336 g/mol. The summed E-state index contributed by atoms with van der Waals surface area (Å²) >= 11 is 0. The molecule has 25 heavy (non-hydrogen) atoms. The van der Waals surface area contributed by atoms with Crippen LogP contribution in [0.4, 0.5) is 0 Å². The third kappa shape index (κ3) is 1.43. The van der Waals surface area contributed by atoms with Gasteiger partial charge in [-0.3, -0.25) is 4.79 Å². The van der Waals surface area contributed by atoms with Gasteiger partial charge in [-0.05, 0) is 18.8 Å². The van der Waals surface area contributed by atoms with Crippen molar-refractivity contribution in [3.63, 3.8) is 0 Å². The van der Waals surface area contributed by atoms with Crippen molar-refractivity contribution in [1.29, 1.82) is 0 Å². The summed E-state index contributed by atoms with van der Waals surface area (Å²) in [4.78, 5) is 24.9. The summed E-state index contributed by atoms with van der Waals surface area (Å²) in [5.74, 6) is -2.38. The molecule has 9 nitrogen and oxygen atoms in total. The maximum absolute atomic E-state index is 12.6. The van der Waals surface area contributed by atoms with E-state index in [-0.39, 0.29) is 19.4 Å². The normalized spacial score (nSPS) is 56.9. The van der Waals surface area contributed by atoms with Crippen molar-refractivity contribution >= 4 is 11.9 Å². The third-order valence-electron chi connectivity index (χ3n) is 7.20. The fourth-order valence-electron chi connectivity index (χ4n) is 5.94. The van der Waals surface area contributed by atoms with Crippen LogP contribution in [0.25, 0.3) is 0 Å². The number of rotatable bonds is 2. The Morgan fingerprint density at radius 3 is 2.48 bits per heavy atom. The number of fused-ring (bicyclic) bond motifs is 2. The second-order valence-electron chi connectivity index (χ2n) is 7.83. The van der Waals surface area contributed by atoms with Crippen LogP contribution in [0.3, 0.4) is 0 Å². The molecule has 0 radical (unpaired) electrons. The quantitative estimate of drug-likeness (QED) is 0.401. The molecule has 2 aliphatic heterocycles. The van der Waals surface area contributed by atoms with E-state index in [0.29, 0.717) is 0 Å². The van der Waals surface area contributed by atoms with E-state index in [1.807, 2.05) is 0 Å². The molecule has 0 aromatic heterocycles. The van der Waals surface area contributed by atoms with E-state index in [4.69, 9.17) is 14.2 Å². The monoisotopic (exact) mass is 358 g/mol. The number of esters is 2. The molecule has 4 rings (SSSR count). The van der Waals surface area contributed by atoms with Crippen molar-refractivity contribution in [2.24, 2.45) is 16.7 Å². The second-order valence-corrected chi connectivity index (χ2v) is 7.83. The van der Waals surface area contributed by atoms with Crippen LogP contribution in [0.2, 0.25) is 0 Å². The van der Waals surface area contributed by atoms with Gasteiger partial charge >= 0.3 is 11.9 Å². The van der Waals surface area contributed by atoms with Gasteiger partial charge in [0.1, 0.15) is 23.9 Å². The first-order valence-electron chi connectivity index (χ1n) is 8.31. The summed E-state index contributed by atoms with van der Waals surface area (Å²) in [6.45, 7) is 0.919. The largest absolute Gasteiger partial charge is 0.464 e. The molecule has 2 bridgehead atoms. The molecule has 2 heterocycles. The molecule has 2 saturated heterocycles. The van der Waals surface area contributed by atoms with Gasteiger partial charge in [-0.15, -0.1) is 0 Å². The van der Waals surface area contributed by atoms with Gasteiger partial charge < -0.3 is 34.6 Å². The Morgan fingerprint density at radius 1 is 1.28 bits per heavy atom. The van der Waals surface area contributed by atoms with Crippen molar-refractivity contribution in [2.45, 2.75) is 49.3 Å². The second kappa shape index (κ2) is 4.72. The van der Waals surface area contributed by atoms with E-state index < -0.39 is 64.8 Å². The minimum absolute atomic E-state index is 0.0612. The Kier molecular flexibility index (Phi) is 3.24. The molecule has 4 aliphatic rings. The first-order chi connectivity index (χ1) is 11.6. The number of ether oxygens (including phenoxy) is 3. The number of carbonyl (C=O) groups is 2. The standard InChI is InChI=1S/C16H22O9/c1-7-3-8(17)16(22)13(7)4-9(25-11(19)10(13)18)15(21,6-23-2)14(16)5-24-12(14)20/h7-10,17-18,21-22H,3-6H2,1-2H3/t7-,8-,9-,10+,13+,14?,15+,16-/m1/s1. The predicted molar refractivity (Wildman–Crippen MR) is 77.9 cm³/mol. The Bertz CT molecular complexity index is 652. The van der Waals surface area contributed by atoms with Crippen LogP contribution in [0.1, 0.15) is 19.8 Å². The van der Waals surface area contributed by atoms with Gasteiger partial charge in [-0.2, -0.15) is 0 Å². The number of methoxy groups -OCH3 is 1. The highest BCUT2D eigenvalue weighted by molar-refractivity contribution is 5.88. The molecule has 9 heteroatoms. The van der Waals surface area contributed by atoms with Gasteiger partial charge in [0.2, 0.25) is 0 Å². The molecule has 2 saturated carbocycles. The molecular formula is C16H22O9. The zero-order chi connectivity index (χ0) is 18.4. The lowest BCUT2D eigenvalue weighted by Gasteiger charge is -2.69. The Morgan fingerprint density at radius 2 is 1.96 bits per heavy atom. The average Bonchev–Trinajstić information content (AvgIpc) is 2.72. The molecule has 8 atom stereocenters. The van der Waals surface area contributed by atoms with Crippen molar-refractivity contribution in [3.8, 4) is 0 Å². The van der Waals surface area contributed by atoms with E-state index in [2.05, 4.69) is 0 Å². The van der Waals surface area contributed by atoms with Gasteiger partial charge in [0.25, 0.3) is 0 Å². The number of hydrogen-bond donors (Lipinski definition) is 4. The highest BCUT2D eigenvalue weighted by Gasteiger charge is 2.90. The summed E-state index contributed by atoms with van der Waals surface area (Å²) in [6, 6.07) is 0. The molecule has 2 aliphatic carbocycles. The first kappa shape index (κ1) is 17.2. The van der Waals surface area contributed by atoms with E-state index in [9.17, 15) is 30.0 Å². The molecule has 2 spiro atoms. The number of carbonyl (C=O) groups excluding carboxylic acids is 2. The molecule has 4 fully saturated rings. The van der Waals surface area contributed by atoms with Crippen molar-refractivity contribution in [3.05, 3.63) is 0 Å². The number of aliphatic hydroxyl groups excluding tert-OH is 2. The Labute approximate surface area is 143 Å². The van der Waals surface area contributed by atoms with Crippen molar-refractivity contribution in [2.75, 3.05) is 20.3 Å². The maximum Gasteiger partial charge on any atom is 0.336 e. The van der Waals surface area contributed by atoms with Gasteiger partial charge in [0, 0.05) is 12.5 Å². The molecule has 0 amide bonds. The van der Waals surface area contributed by atoms with Crippen LogP contribution in [0, 0.1) is 16.7 Å².